The molecule has 7 aromatic rings. The predicted octanol–water partition coefficient (Wildman–Crippen LogP) is 14.9. The fourth-order valence-corrected chi connectivity index (χ4v) is 11.3. The topological polar surface area (TPSA) is 37.1 Å². The summed E-state index contributed by atoms with van der Waals surface area (Å²) in [7, 11) is 0. The second-order valence-corrected chi connectivity index (χ2v) is 18.4. The monoisotopic (exact) mass is 813 g/mol. The zero-order chi connectivity index (χ0) is 37.1. The van der Waals surface area contributed by atoms with Crippen LogP contribution >= 0.6 is 69.3 Å². The first-order valence-corrected chi connectivity index (χ1v) is 23.1. The number of thiophene rings is 3. The molecule has 0 bridgehead atoms. The lowest BCUT2D eigenvalue weighted by atomic mass is 9.90. The third kappa shape index (κ3) is 9.82. The Morgan fingerprint density at radius 1 is 0.407 bits per heavy atom. The van der Waals surface area contributed by atoms with Crippen LogP contribution in [0.5, 0.6) is 0 Å². The summed E-state index contributed by atoms with van der Waals surface area (Å²) in [5, 5.41) is 6.26. The number of aliphatic imine (C=N–C) groups is 3. The maximum absolute atomic E-state index is 4.90. The molecular formula is C45H39N3S6. The van der Waals surface area contributed by atoms with E-state index in [1.54, 1.807) is 34.0 Å². The van der Waals surface area contributed by atoms with E-state index in [-0.39, 0.29) is 0 Å². The van der Waals surface area contributed by atoms with Crippen LogP contribution in [0.15, 0.2) is 155 Å². The highest BCUT2D eigenvalue weighted by Gasteiger charge is 2.19. The van der Waals surface area contributed by atoms with Crippen molar-refractivity contribution >= 4 is 105 Å². The van der Waals surface area contributed by atoms with Gasteiger partial charge in [0.15, 0.2) is 0 Å². The molecule has 0 amide bonds. The first-order chi connectivity index (χ1) is 26.5. The van der Waals surface area contributed by atoms with E-state index in [4.69, 9.17) is 15.0 Å². The van der Waals surface area contributed by atoms with E-state index in [1.165, 1.54) is 48.1 Å². The van der Waals surface area contributed by atoms with E-state index in [1.807, 2.05) is 53.9 Å². The van der Waals surface area contributed by atoms with Crippen molar-refractivity contribution < 1.29 is 0 Å². The molecule has 7 rings (SSSR count). The smallest absolute Gasteiger partial charge is 0.0766 e. The Kier molecular flexibility index (Phi) is 13.5. The van der Waals surface area contributed by atoms with Crippen LogP contribution in [0.2, 0.25) is 0 Å². The Labute approximate surface area is 343 Å². The molecule has 0 fully saturated rings. The summed E-state index contributed by atoms with van der Waals surface area (Å²) in [6.07, 6.45) is 5.92. The zero-order valence-corrected chi connectivity index (χ0v) is 35.2. The molecule has 3 aromatic heterocycles. The highest BCUT2D eigenvalue weighted by molar-refractivity contribution is 7.99. The van der Waals surface area contributed by atoms with Crippen molar-refractivity contribution in [3.63, 3.8) is 0 Å². The first-order valence-electron chi connectivity index (χ1n) is 17.5. The van der Waals surface area contributed by atoms with Gasteiger partial charge in [-0.15, -0.1) is 69.3 Å². The molecule has 3 nitrogen and oxygen atoms in total. The molecular weight excluding hydrogens is 775 g/mol. The van der Waals surface area contributed by atoms with Gasteiger partial charge in [-0.3, -0.25) is 15.0 Å². The molecule has 0 saturated carbocycles. The number of benzene rings is 4. The van der Waals surface area contributed by atoms with E-state index < -0.39 is 0 Å². The second-order valence-electron chi connectivity index (χ2n) is 12.4. The molecule has 0 atom stereocenters. The maximum Gasteiger partial charge on any atom is 0.0766 e. The molecule has 54 heavy (non-hydrogen) atoms. The van der Waals surface area contributed by atoms with Gasteiger partial charge in [0.25, 0.3) is 0 Å². The number of nitrogens with zero attached hydrogens (tertiary/aromatic N) is 3. The molecule has 3 heterocycles. The lowest BCUT2D eigenvalue weighted by Crippen LogP contribution is -2.06. The number of thioether (sulfide) groups is 3. The average Bonchev–Trinajstić information content (AvgIpc) is 4.02. The van der Waals surface area contributed by atoms with Gasteiger partial charge in [-0.25, -0.2) is 0 Å². The van der Waals surface area contributed by atoms with Gasteiger partial charge in [0.2, 0.25) is 0 Å². The fraction of sp³-hybridized carbons (Fsp3) is 0.133. The van der Waals surface area contributed by atoms with Crippen molar-refractivity contribution in [1.29, 1.82) is 0 Å². The summed E-state index contributed by atoms with van der Waals surface area (Å²) in [4.78, 5) is 21.7. The minimum absolute atomic E-state index is 0.863. The third-order valence-corrected chi connectivity index (χ3v) is 14.7. The summed E-state index contributed by atoms with van der Waals surface area (Å²) in [5.41, 5.74) is 11.3. The SMILES string of the molecule is Cc1c(CSc2ccccc2N=Cc2cccs2)c(C)c(CSc2ccccc2N=Cc2cccs2)c(C)c1CSc1ccccc1N=Cc1cccs1. The van der Waals surface area contributed by atoms with Gasteiger partial charge in [-0.05, 0) is 125 Å². The van der Waals surface area contributed by atoms with Crippen molar-refractivity contribution in [3.8, 4) is 0 Å². The van der Waals surface area contributed by atoms with Gasteiger partial charge < -0.3 is 0 Å². The summed E-state index contributed by atoms with van der Waals surface area (Å²) < 4.78 is 0. The Balaban J connectivity index is 1.19. The van der Waals surface area contributed by atoms with Crippen LogP contribution in [0.3, 0.4) is 0 Å². The minimum Gasteiger partial charge on any atom is -0.254 e. The molecule has 0 aliphatic rings. The number of hydrogen-bond acceptors (Lipinski definition) is 9. The third-order valence-electron chi connectivity index (χ3n) is 9.05. The average molecular weight is 814 g/mol. The van der Waals surface area contributed by atoms with Gasteiger partial charge in [-0.2, -0.15) is 0 Å². The van der Waals surface area contributed by atoms with Gasteiger partial charge in [0.1, 0.15) is 0 Å². The highest BCUT2D eigenvalue weighted by Crippen LogP contribution is 2.41. The standard InChI is InChI=1S/C45H39N3S6/c1-31-37(28-52-43-19-7-4-16-40(43)46-25-34-13-10-22-49-34)32(2)39(30-54-45-21-9-6-18-42(45)48-27-36-15-12-24-51-36)33(3)38(31)29-53-44-20-8-5-17-41(44)47-26-35-14-11-23-50-35/h4-27H,28-30H2,1-3H3. The van der Waals surface area contributed by atoms with Crippen molar-refractivity contribution in [2.24, 2.45) is 15.0 Å². The molecule has 0 aliphatic heterocycles. The van der Waals surface area contributed by atoms with E-state index in [0.29, 0.717) is 0 Å². The molecule has 0 unspecified atom stereocenters. The van der Waals surface area contributed by atoms with Crippen molar-refractivity contribution in [1.82, 2.24) is 0 Å². The summed E-state index contributed by atoms with van der Waals surface area (Å²) in [5.74, 6) is 2.59. The lowest BCUT2D eigenvalue weighted by Gasteiger charge is -2.23. The van der Waals surface area contributed by atoms with Crippen molar-refractivity contribution in [2.45, 2.75) is 52.7 Å². The molecule has 0 aliphatic carbocycles. The molecule has 0 radical (unpaired) electrons. The van der Waals surface area contributed by atoms with Crippen LogP contribution in [-0.4, -0.2) is 18.6 Å². The van der Waals surface area contributed by atoms with Gasteiger partial charge in [-0.1, -0.05) is 54.6 Å². The van der Waals surface area contributed by atoms with Crippen LogP contribution in [0, 0.1) is 20.8 Å². The Bertz CT molecular complexity index is 2090. The second kappa shape index (κ2) is 19.1. The molecule has 0 N–H and O–H groups in total. The maximum atomic E-state index is 4.90. The Morgan fingerprint density at radius 3 is 0.981 bits per heavy atom. The number of hydrogen-bond donors (Lipinski definition) is 0. The minimum atomic E-state index is 0.863. The Hall–Kier alpha value is -3.96. The highest BCUT2D eigenvalue weighted by atomic mass is 32.2. The van der Waals surface area contributed by atoms with Crippen LogP contribution in [0.1, 0.15) is 48.0 Å². The van der Waals surface area contributed by atoms with Crippen molar-refractivity contribution in [2.75, 3.05) is 0 Å². The molecule has 4 aromatic carbocycles. The quantitative estimate of drug-likeness (QED) is 0.0764. The fourth-order valence-electron chi connectivity index (χ4n) is 6.04. The van der Waals surface area contributed by atoms with Crippen LogP contribution in [0.25, 0.3) is 0 Å². The molecule has 9 heteroatoms. The van der Waals surface area contributed by atoms with E-state index in [2.05, 4.69) is 146 Å². The van der Waals surface area contributed by atoms with E-state index >= 15 is 0 Å². The summed E-state index contributed by atoms with van der Waals surface area (Å²) in [6, 6.07) is 38.0. The Morgan fingerprint density at radius 2 is 0.704 bits per heavy atom. The normalized spacial score (nSPS) is 11.8. The molecule has 270 valence electrons. The van der Waals surface area contributed by atoms with Gasteiger partial charge in [0.05, 0.1) is 17.1 Å². The zero-order valence-electron chi connectivity index (χ0n) is 30.3. The number of rotatable bonds is 15. The summed E-state index contributed by atoms with van der Waals surface area (Å²) >= 11 is 10.7. The number of para-hydroxylation sites is 3. The summed E-state index contributed by atoms with van der Waals surface area (Å²) in [6.45, 7) is 6.96. The van der Waals surface area contributed by atoms with Gasteiger partial charge in [0, 0.05) is 65.2 Å². The lowest BCUT2D eigenvalue weighted by molar-refractivity contribution is 1.10. The van der Waals surface area contributed by atoms with Crippen LogP contribution in [0.4, 0.5) is 17.1 Å². The predicted molar refractivity (Wildman–Crippen MR) is 243 cm³/mol. The first kappa shape index (κ1) is 38.3. The van der Waals surface area contributed by atoms with E-state index in [0.717, 1.165) is 49.0 Å². The molecule has 0 saturated heterocycles. The van der Waals surface area contributed by atoms with E-state index in [9.17, 15) is 0 Å². The van der Waals surface area contributed by atoms with Crippen LogP contribution < -0.4 is 0 Å². The van der Waals surface area contributed by atoms with Crippen molar-refractivity contribution in [3.05, 3.63) is 173 Å². The van der Waals surface area contributed by atoms with Gasteiger partial charge >= 0.3 is 0 Å². The largest absolute Gasteiger partial charge is 0.254 e. The van der Waals surface area contributed by atoms with Crippen LogP contribution in [-0.2, 0) is 17.3 Å². The molecule has 0 spiro atoms.